The first-order chi connectivity index (χ1) is 13.8. The van der Waals surface area contributed by atoms with Crippen LogP contribution in [0.3, 0.4) is 0 Å². The van der Waals surface area contributed by atoms with Crippen LogP contribution in [-0.2, 0) is 9.57 Å². The van der Waals surface area contributed by atoms with Crippen LogP contribution in [0, 0.1) is 5.92 Å². The van der Waals surface area contributed by atoms with E-state index in [1.165, 1.54) is 32.1 Å². The summed E-state index contributed by atoms with van der Waals surface area (Å²) in [4.78, 5) is 5.76. The molecule has 5 nitrogen and oxygen atoms in total. The quantitative estimate of drug-likeness (QED) is 0.582. The predicted octanol–water partition coefficient (Wildman–Crippen LogP) is 5.11. The van der Waals surface area contributed by atoms with E-state index in [1.54, 1.807) is 0 Å². The molecule has 154 valence electrons. The molecule has 5 heteroatoms. The van der Waals surface area contributed by atoms with Gasteiger partial charge in [0.1, 0.15) is 0 Å². The number of benzene rings is 1. The lowest BCUT2D eigenvalue weighted by atomic mass is 9.90. The fourth-order valence-corrected chi connectivity index (χ4v) is 4.28. The van der Waals surface area contributed by atoms with Crippen molar-refractivity contribution in [3.05, 3.63) is 23.8 Å². The topological polar surface area (TPSA) is 49.3 Å². The highest BCUT2D eigenvalue weighted by atomic mass is 16.7. The maximum atomic E-state index is 6.28. The van der Waals surface area contributed by atoms with Crippen molar-refractivity contribution >= 4 is 5.71 Å². The molecule has 1 unspecified atom stereocenters. The maximum absolute atomic E-state index is 6.28. The van der Waals surface area contributed by atoms with Gasteiger partial charge in [0.2, 0.25) is 0 Å². The monoisotopic (exact) mass is 387 g/mol. The summed E-state index contributed by atoms with van der Waals surface area (Å²) in [7, 11) is 0. The minimum Gasteiger partial charge on any atom is -0.490 e. The van der Waals surface area contributed by atoms with Crippen molar-refractivity contribution < 1.29 is 19.0 Å². The number of rotatable bonds is 8. The molecule has 0 aromatic heterocycles. The molecule has 1 saturated carbocycles. The summed E-state index contributed by atoms with van der Waals surface area (Å²) in [6.07, 6.45) is 10.4. The van der Waals surface area contributed by atoms with Crippen LogP contribution in [0.5, 0.6) is 11.5 Å². The van der Waals surface area contributed by atoms with Crippen LogP contribution < -0.4 is 9.47 Å². The van der Waals surface area contributed by atoms with E-state index in [0.29, 0.717) is 12.5 Å². The van der Waals surface area contributed by atoms with Crippen LogP contribution in [0.25, 0.3) is 0 Å². The highest BCUT2D eigenvalue weighted by Crippen LogP contribution is 2.37. The molecular weight excluding hydrogens is 354 g/mol. The molecule has 28 heavy (non-hydrogen) atoms. The lowest BCUT2D eigenvalue weighted by molar-refractivity contribution is -0.0237. The zero-order valence-corrected chi connectivity index (χ0v) is 17.1. The zero-order valence-electron chi connectivity index (χ0n) is 17.1. The summed E-state index contributed by atoms with van der Waals surface area (Å²) >= 11 is 0. The lowest BCUT2D eigenvalue weighted by Gasteiger charge is -2.22. The average molecular weight is 388 g/mol. The lowest BCUT2D eigenvalue weighted by Crippen LogP contribution is -2.29. The predicted molar refractivity (Wildman–Crippen MR) is 109 cm³/mol. The molecule has 2 aliphatic heterocycles. The van der Waals surface area contributed by atoms with Crippen molar-refractivity contribution in [2.24, 2.45) is 11.1 Å². The molecule has 1 aromatic rings. The van der Waals surface area contributed by atoms with Crippen molar-refractivity contribution in [1.29, 1.82) is 0 Å². The Hall–Kier alpha value is -1.75. The standard InChI is InChI=1S/C23H33NO4/c1-2-3-12-26-21-10-9-19(20-15-23(28-24-20)11-13-25-17-23)14-22(21)27-16-18-7-5-4-6-8-18/h9-10,14,18H,2-8,11-13,15-17H2,1H3. The molecule has 3 aliphatic rings. The molecule has 1 atom stereocenters. The first-order valence-corrected chi connectivity index (χ1v) is 11.0. The number of ether oxygens (including phenoxy) is 3. The summed E-state index contributed by atoms with van der Waals surface area (Å²) < 4.78 is 17.8. The second kappa shape index (κ2) is 9.17. The first-order valence-electron chi connectivity index (χ1n) is 11.0. The summed E-state index contributed by atoms with van der Waals surface area (Å²) in [6, 6.07) is 6.19. The van der Waals surface area contributed by atoms with Crippen molar-refractivity contribution in [2.75, 3.05) is 26.4 Å². The molecule has 1 aliphatic carbocycles. The van der Waals surface area contributed by atoms with Crippen LogP contribution in [0.2, 0.25) is 0 Å². The Labute approximate surface area is 168 Å². The van der Waals surface area contributed by atoms with E-state index in [-0.39, 0.29) is 5.60 Å². The van der Waals surface area contributed by atoms with E-state index in [0.717, 1.165) is 68.3 Å². The van der Waals surface area contributed by atoms with Gasteiger partial charge < -0.3 is 19.0 Å². The van der Waals surface area contributed by atoms with E-state index in [1.807, 2.05) is 6.07 Å². The van der Waals surface area contributed by atoms with Gasteiger partial charge in [-0.25, -0.2) is 0 Å². The molecule has 4 rings (SSSR count). The fraction of sp³-hybridized carbons (Fsp3) is 0.696. The van der Waals surface area contributed by atoms with E-state index >= 15 is 0 Å². The van der Waals surface area contributed by atoms with Crippen molar-refractivity contribution in [3.8, 4) is 11.5 Å². The van der Waals surface area contributed by atoms with Crippen molar-refractivity contribution in [1.82, 2.24) is 0 Å². The second-order valence-electron chi connectivity index (χ2n) is 8.47. The summed E-state index contributed by atoms with van der Waals surface area (Å²) in [5, 5.41) is 4.38. The van der Waals surface area contributed by atoms with Gasteiger partial charge in [-0.3, -0.25) is 0 Å². The molecule has 1 spiro atoms. The molecule has 0 radical (unpaired) electrons. The Kier molecular flexibility index (Phi) is 6.40. The third-order valence-electron chi connectivity index (χ3n) is 6.14. The van der Waals surface area contributed by atoms with Crippen molar-refractivity contribution in [2.45, 2.75) is 70.3 Å². The Balaban J connectivity index is 1.46. The fourth-order valence-electron chi connectivity index (χ4n) is 4.28. The largest absolute Gasteiger partial charge is 0.490 e. The molecular formula is C23H33NO4. The number of oxime groups is 1. The summed E-state index contributed by atoms with van der Waals surface area (Å²) in [6.45, 7) is 5.05. The molecule has 1 aromatic carbocycles. The summed E-state index contributed by atoms with van der Waals surface area (Å²) in [5.74, 6) is 2.34. The van der Waals surface area contributed by atoms with Crippen LogP contribution in [0.4, 0.5) is 0 Å². The number of unbranched alkanes of at least 4 members (excludes halogenated alkanes) is 1. The molecule has 0 N–H and O–H groups in total. The molecule has 0 amide bonds. The Morgan fingerprint density at radius 1 is 1.14 bits per heavy atom. The zero-order chi connectivity index (χ0) is 19.2. The Morgan fingerprint density at radius 3 is 2.82 bits per heavy atom. The van der Waals surface area contributed by atoms with E-state index in [2.05, 4.69) is 24.2 Å². The van der Waals surface area contributed by atoms with Crippen molar-refractivity contribution in [3.63, 3.8) is 0 Å². The van der Waals surface area contributed by atoms with E-state index < -0.39 is 0 Å². The van der Waals surface area contributed by atoms with Crippen LogP contribution >= 0.6 is 0 Å². The van der Waals surface area contributed by atoms with Gasteiger partial charge >= 0.3 is 0 Å². The number of hydrogen-bond acceptors (Lipinski definition) is 5. The van der Waals surface area contributed by atoms with Crippen LogP contribution in [0.15, 0.2) is 23.4 Å². The first kappa shape index (κ1) is 19.6. The third-order valence-corrected chi connectivity index (χ3v) is 6.14. The van der Waals surface area contributed by atoms with Crippen LogP contribution in [-0.4, -0.2) is 37.7 Å². The third kappa shape index (κ3) is 4.62. The number of nitrogens with zero attached hydrogens (tertiary/aromatic N) is 1. The van der Waals surface area contributed by atoms with Gasteiger partial charge in [-0.2, -0.15) is 0 Å². The molecule has 2 heterocycles. The Bertz CT molecular complexity index is 675. The normalized spacial score (nSPS) is 25.0. The van der Waals surface area contributed by atoms with Gasteiger partial charge in [-0.15, -0.1) is 0 Å². The SMILES string of the molecule is CCCCOc1ccc(C2=NOC3(CCOC3)C2)cc1OCC1CCCCC1. The average Bonchev–Trinajstić information content (AvgIpc) is 3.38. The highest BCUT2D eigenvalue weighted by molar-refractivity contribution is 6.02. The minimum atomic E-state index is -0.255. The van der Waals surface area contributed by atoms with Gasteiger partial charge in [0.15, 0.2) is 17.1 Å². The minimum absolute atomic E-state index is 0.255. The van der Waals surface area contributed by atoms with Gasteiger partial charge in [-0.05, 0) is 43.4 Å². The van der Waals surface area contributed by atoms with Gasteiger partial charge in [0.05, 0.1) is 32.1 Å². The molecule has 2 fully saturated rings. The second-order valence-corrected chi connectivity index (χ2v) is 8.47. The number of hydrogen-bond donors (Lipinski definition) is 0. The molecule has 0 bridgehead atoms. The maximum Gasteiger partial charge on any atom is 0.168 e. The summed E-state index contributed by atoms with van der Waals surface area (Å²) in [5.41, 5.74) is 1.78. The molecule has 1 saturated heterocycles. The van der Waals surface area contributed by atoms with E-state index in [4.69, 9.17) is 19.0 Å². The van der Waals surface area contributed by atoms with Gasteiger partial charge in [-0.1, -0.05) is 37.8 Å². The van der Waals surface area contributed by atoms with Crippen LogP contribution in [0.1, 0.15) is 70.3 Å². The van der Waals surface area contributed by atoms with E-state index in [9.17, 15) is 0 Å². The van der Waals surface area contributed by atoms with Gasteiger partial charge in [0.25, 0.3) is 0 Å². The smallest absolute Gasteiger partial charge is 0.168 e. The Morgan fingerprint density at radius 2 is 2.04 bits per heavy atom. The highest BCUT2D eigenvalue weighted by Gasteiger charge is 2.43. The van der Waals surface area contributed by atoms with Gasteiger partial charge in [0, 0.05) is 18.4 Å².